The van der Waals surface area contributed by atoms with Gasteiger partial charge in [0.2, 0.25) is 5.88 Å². The molecule has 0 bridgehead atoms. The molecule has 0 spiro atoms. The average Bonchev–Trinajstić information content (AvgIpc) is 3.17. The van der Waals surface area contributed by atoms with Crippen molar-refractivity contribution in [1.29, 1.82) is 0 Å². The summed E-state index contributed by atoms with van der Waals surface area (Å²) in [5.41, 5.74) is 3.51. The second kappa shape index (κ2) is 6.36. The van der Waals surface area contributed by atoms with Crippen LogP contribution < -0.4 is 9.64 Å². The molecule has 0 aliphatic carbocycles. The first-order valence-corrected chi connectivity index (χ1v) is 9.05. The Morgan fingerprint density at radius 1 is 1.27 bits per heavy atom. The summed E-state index contributed by atoms with van der Waals surface area (Å²) in [5, 5.41) is 10.2. The van der Waals surface area contributed by atoms with E-state index in [0.29, 0.717) is 19.0 Å². The van der Waals surface area contributed by atoms with Gasteiger partial charge in [-0.25, -0.2) is 9.97 Å². The normalized spacial score (nSPS) is 21.9. The number of ether oxygens (including phenoxy) is 1. The Kier molecular flexibility index (Phi) is 4.15. The zero-order valence-corrected chi connectivity index (χ0v) is 15.4. The lowest BCUT2D eigenvalue weighted by Crippen LogP contribution is -2.30. The number of aliphatic hydroxyl groups is 1. The van der Waals surface area contributed by atoms with E-state index in [9.17, 15) is 5.11 Å². The maximum Gasteiger partial charge on any atom is 0.214 e. The van der Waals surface area contributed by atoms with Gasteiger partial charge >= 0.3 is 0 Å². The van der Waals surface area contributed by atoms with Crippen molar-refractivity contribution >= 4 is 11.5 Å². The fraction of sp³-hybridized carbons (Fsp3) is 0.450. The second-order valence-electron chi connectivity index (χ2n) is 7.58. The molecular formula is C20H24N4O2. The van der Waals surface area contributed by atoms with Gasteiger partial charge in [-0.3, -0.25) is 4.99 Å². The topological polar surface area (TPSA) is 70.8 Å². The fourth-order valence-corrected chi connectivity index (χ4v) is 3.49. The van der Waals surface area contributed by atoms with Crippen molar-refractivity contribution < 1.29 is 9.84 Å². The number of hydrogen-bond acceptors (Lipinski definition) is 6. The van der Waals surface area contributed by atoms with Crippen LogP contribution in [0, 0.1) is 0 Å². The first kappa shape index (κ1) is 17.0. The van der Waals surface area contributed by atoms with Crippen molar-refractivity contribution in [3.05, 3.63) is 47.3 Å². The summed E-state index contributed by atoms with van der Waals surface area (Å²) in [5.74, 6) is 1.50. The summed E-state index contributed by atoms with van der Waals surface area (Å²) in [6.45, 7) is 7.90. The molecule has 2 aliphatic rings. The average molecular weight is 352 g/mol. The highest BCUT2D eigenvalue weighted by molar-refractivity contribution is 6.15. The van der Waals surface area contributed by atoms with E-state index in [1.54, 1.807) is 0 Å². The predicted octanol–water partition coefficient (Wildman–Crippen LogP) is 2.58. The lowest BCUT2D eigenvalue weighted by molar-refractivity contribution is 0.0839. The molecule has 0 radical (unpaired) electrons. The van der Waals surface area contributed by atoms with Gasteiger partial charge in [0.05, 0.1) is 24.0 Å². The maximum atomic E-state index is 10.2. The summed E-state index contributed by atoms with van der Waals surface area (Å²) in [4.78, 5) is 15.7. The van der Waals surface area contributed by atoms with Gasteiger partial charge in [0.25, 0.3) is 0 Å². The molecule has 1 atom stereocenters. The minimum Gasteiger partial charge on any atom is -0.475 e. The number of anilines is 1. The third kappa shape index (κ3) is 3.29. The van der Waals surface area contributed by atoms with Gasteiger partial charge in [-0.2, -0.15) is 0 Å². The van der Waals surface area contributed by atoms with Gasteiger partial charge < -0.3 is 14.7 Å². The van der Waals surface area contributed by atoms with E-state index in [2.05, 4.69) is 20.9 Å². The molecule has 136 valence electrons. The van der Waals surface area contributed by atoms with Crippen molar-refractivity contribution in [3.63, 3.8) is 0 Å². The fourth-order valence-electron chi connectivity index (χ4n) is 3.49. The molecule has 0 aromatic carbocycles. The first-order valence-electron chi connectivity index (χ1n) is 9.05. The number of rotatable bonds is 4. The van der Waals surface area contributed by atoms with Crippen LogP contribution in [0.2, 0.25) is 0 Å². The lowest BCUT2D eigenvalue weighted by atomic mass is 10.0. The van der Waals surface area contributed by atoms with E-state index in [1.165, 1.54) is 0 Å². The Labute approximate surface area is 153 Å². The van der Waals surface area contributed by atoms with Gasteiger partial charge in [0, 0.05) is 48.2 Å². The van der Waals surface area contributed by atoms with Gasteiger partial charge in [-0.05, 0) is 39.3 Å². The molecular weight excluding hydrogens is 328 g/mol. The van der Waals surface area contributed by atoms with Crippen molar-refractivity contribution in [2.75, 3.05) is 18.0 Å². The molecule has 1 fully saturated rings. The highest BCUT2D eigenvalue weighted by Gasteiger charge is 2.32. The number of nitrogens with zero attached hydrogens (tertiary/aromatic N) is 4. The molecule has 0 amide bonds. The molecule has 2 aliphatic heterocycles. The quantitative estimate of drug-likeness (QED) is 0.916. The standard InChI is InChI=1S/C20H24N4O2/c1-13(2)26-18-9-16-15(10-22-18)11-23-19(16)14-4-6-21-17(8-14)24-7-5-20(3,25)12-24/h4,6,8-10,13,25H,5,7,11-12H2,1-3H3. The van der Waals surface area contributed by atoms with Crippen LogP contribution in [0.4, 0.5) is 5.82 Å². The van der Waals surface area contributed by atoms with Crippen LogP contribution in [0.3, 0.4) is 0 Å². The summed E-state index contributed by atoms with van der Waals surface area (Å²) >= 11 is 0. The number of aromatic nitrogens is 2. The van der Waals surface area contributed by atoms with Gasteiger partial charge in [0.15, 0.2) is 0 Å². The minimum absolute atomic E-state index is 0.0813. The molecule has 4 rings (SSSR count). The lowest BCUT2D eigenvalue weighted by Gasteiger charge is -2.20. The summed E-state index contributed by atoms with van der Waals surface area (Å²) in [6.07, 6.45) is 4.50. The first-order chi connectivity index (χ1) is 12.4. The molecule has 26 heavy (non-hydrogen) atoms. The Hall–Kier alpha value is -2.47. The van der Waals surface area contributed by atoms with Crippen LogP contribution >= 0.6 is 0 Å². The summed E-state index contributed by atoms with van der Waals surface area (Å²) in [6, 6.07) is 6.01. The van der Waals surface area contributed by atoms with Crippen molar-refractivity contribution in [3.8, 4) is 5.88 Å². The highest BCUT2D eigenvalue weighted by atomic mass is 16.5. The van der Waals surface area contributed by atoms with E-state index in [-0.39, 0.29) is 6.10 Å². The molecule has 1 saturated heterocycles. The minimum atomic E-state index is -0.649. The zero-order chi connectivity index (χ0) is 18.3. The SMILES string of the molecule is CC(C)Oc1cc2c(cn1)CN=C2c1ccnc(N2CCC(C)(O)C2)c1. The Morgan fingerprint density at radius 3 is 2.85 bits per heavy atom. The molecule has 2 aromatic rings. The second-order valence-corrected chi connectivity index (χ2v) is 7.58. The molecule has 6 heteroatoms. The van der Waals surface area contributed by atoms with Crippen molar-refractivity contribution in [2.45, 2.75) is 45.4 Å². The van der Waals surface area contributed by atoms with E-state index in [0.717, 1.165) is 41.2 Å². The summed E-state index contributed by atoms with van der Waals surface area (Å²) in [7, 11) is 0. The molecule has 1 unspecified atom stereocenters. The van der Waals surface area contributed by atoms with Gasteiger partial charge in [-0.15, -0.1) is 0 Å². The maximum absolute atomic E-state index is 10.2. The highest BCUT2D eigenvalue weighted by Crippen LogP contribution is 2.29. The predicted molar refractivity (Wildman–Crippen MR) is 101 cm³/mol. The molecule has 4 heterocycles. The number of fused-ring (bicyclic) bond motifs is 1. The zero-order valence-electron chi connectivity index (χ0n) is 15.4. The molecule has 1 N–H and O–H groups in total. The largest absolute Gasteiger partial charge is 0.475 e. The van der Waals surface area contributed by atoms with Crippen LogP contribution in [-0.2, 0) is 6.54 Å². The number of aliphatic imine (C=N–C) groups is 1. The van der Waals surface area contributed by atoms with Gasteiger partial charge in [0.1, 0.15) is 5.82 Å². The molecule has 0 saturated carbocycles. The van der Waals surface area contributed by atoms with Crippen molar-refractivity contribution in [1.82, 2.24) is 9.97 Å². The van der Waals surface area contributed by atoms with E-state index in [4.69, 9.17) is 9.73 Å². The van der Waals surface area contributed by atoms with E-state index < -0.39 is 5.60 Å². The number of β-amino-alcohol motifs (C(OH)–C–C–N with tert-alkyl or cyclic N) is 1. The van der Waals surface area contributed by atoms with Crippen LogP contribution in [0.15, 0.2) is 35.6 Å². The van der Waals surface area contributed by atoms with Crippen LogP contribution in [0.25, 0.3) is 0 Å². The van der Waals surface area contributed by atoms with Gasteiger partial charge in [-0.1, -0.05) is 0 Å². The Balaban J connectivity index is 1.63. The molecule has 2 aromatic heterocycles. The number of hydrogen-bond donors (Lipinski definition) is 1. The van der Waals surface area contributed by atoms with Crippen LogP contribution in [0.5, 0.6) is 5.88 Å². The Bertz CT molecular complexity index is 861. The van der Waals surface area contributed by atoms with Crippen LogP contribution in [-0.4, -0.2) is 45.6 Å². The van der Waals surface area contributed by atoms with E-state index in [1.807, 2.05) is 45.3 Å². The van der Waals surface area contributed by atoms with Crippen LogP contribution in [0.1, 0.15) is 43.9 Å². The smallest absolute Gasteiger partial charge is 0.214 e. The van der Waals surface area contributed by atoms with E-state index >= 15 is 0 Å². The van der Waals surface area contributed by atoms with Crippen molar-refractivity contribution in [2.24, 2.45) is 4.99 Å². The third-order valence-electron chi connectivity index (χ3n) is 4.78. The number of pyridine rings is 2. The third-order valence-corrected chi connectivity index (χ3v) is 4.78. The Morgan fingerprint density at radius 2 is 2.12 bits per heavy atom. The molecule has 6 nitrogen and oxygen atoms in total. The summed E-state index contributed by atoms with van der Waals surface area (Å²) < 4.78 is 5.74. The monoisotopic (exact) mass is 352 g/mol.